The molecule has 1 aromatic carbocycles. The summed E-state index contributed by atoms with van der Waals surface area (Å²) in [5, 5.41) is 5.77. The molecular weight excluding hydrogens is 386 g/mol. The van der Waals surface area contributed by atoms with Gasteiger partial charge in [0.05, 0.1) is 21.6 Å². The van der Waals surface area contributed by atoms with Crippen LogP contribution in [0.3, 0.4) is 0 Å². The quantitative estimate of drug-likeness (QED) is 0.612. The topological polar surface area (TPSA) is 83.2 Å². The third kappa shape index (κ3) is 3.56. The number of carbonyl (C=O) groups excluding carboxylic acids is 2. The van der Waals surface area contributed by atoms with Crippen LogP contribution in [0.2, 0.25) is 4.34 Å². The summed E-state index contributed by atoms with van der Waals surface area (Å²) in [5.74, 6) is 0.239. The normalized spacial score (nSPS) is 14.1. The van der Waals surface area contributed by atoms with E-state index in [1.165, 1.54) is 11.3 Å². The van der Waals surface area contributed by atoms with Gasteiger partial charge in [-0.15, -0.1) is 11.3 Å². The number of fused-ring (bicyclic) bond motifs is 1. The molecule has 1 aliphatic heterocycles. The predicted molar refractivity (Wildman–Crippen MR) is 106 cm³/mol. The zero-order valence-electron chi connectivity index (χ0n) is 14.3. The summed E-state index contributed by atoms with van der Waals surface area (Å²) >= 11 is 7.43. The Hall–Kier alpha value is -2.77. The van der Waals surface area contributed by atoms with Gasteiger partial charge in [-0.3, -0.25) is 9.59 Å². The summed E-state index contributed by atoms with van der Waals surface area (Å²) in [6, 6.07) is 8.93. The van der Waals surface area contributed by atoms with Gasteiger partial charge in [-0.2, -0.15) is 0 Å². The molecule has 0 saturated heterocycles. The molecule has 1 atom stereocenters. The molecule has 0 aliphatic carbocycles. The highest BCUT2D eigenvalue weighted by atomic mass is 35.5. The van der Waals surface area contributed by atoms with Crippen molar-refractivity contribution < 1.29 is 14.3 Å². The lowest BCUT2D eigenvalue weighted by atomic mass is 10.1. The van der Waals surface area contributed by atoms with E-state index in [-0.39, 0.29) is 24.5 Å². The molecule has 0 saturated carbocycles. The Balaban J connectivity index is 1.53. The van der Waals surface area contributed by atoms with Gasteiger partial charge >= 0.3 is 0 Å². The van der Waals surface area contributed by atoms with Crippen molar-refractivity contribution in [2.45, 2.75) is 13.0 Å². The third-order valence-corrected chi connectivity index (χ3v) is 5.58. The van der Waals surface area contributed by atoms with Gasteiger partial charge in [0, 0.05) is 22.8 Å². The molecule has 3 N–H and O–H groups in total. The highest BCUT2D eigenvalue weighted by molar-refractivity contribution is 7.19. The number of amides is 2. The van der Waals surface area contributed by atoms with Crippen LogP contribution in [-0.2, 0) is 4.79 Å². The smallest absolute Gasteiger partial charge is 0.262 e. The van der Waals surface area contributed by atoms with Crippen LogP contribution in [0.5, 0.6) is 5.75 Å². The number of carbonyl (C=O) groups is 2. The lowest BCUT2D eigenvalue weighted by molar-refractivity contribution is -0.118. The molecular formula is C19H16ClN3O3S. The van der Waals surface area contributed by atoms with E-state index in [2.05, 4.69) is 15.6 Å². The maximum absolute atomic E-state index is 12.8. The molecule has 0 unspecified atom stereocenters. The molecule has 0 radical (unpaired) electrons. The number of rotatable bonds is 4. The molecule has 0 fully saturated rings. The van der Waals surface area contributed by atoms with Gasteiger partial charge in [0.25, 0.3) is 11.8 Å². The molecule has 3 aromatic rings. The first kappa shape index (κ1) is 17.6. The maximum Gasteiger partial charge on any atom is 0.262 e. The highest BCUT2D eigenvalue weighted by Crippen LogP contribution is 2.34. The zero-order chi connectivity index (χ0) is 19.0. The fourth-order valence-electron chi connectivity index (χ4n) is 2.94. The first-order chi connectivity index (χ1) is 13.0. The summed E-state index contributed by atoms with van der Waals surface area (Å²) in [5.41, 5.74) is 2.84. The van der Waals surface area contributed by atoms with Crippen molar-refractivity contribution in [3.63, 3.8) is 0 Å². The van der Waals surface area contributed by atoms with Crippen molar-refractivity contribution >= 4 is 40.4 Å². The maximum atomic E-state index is 12.8. The lowest BCUT2D eigenvalue weighted by Gasteiger charge is -2.21. The van der Waals surface area contributed by atoms with Crippen LogP contribution in [-0.4, -0.2) is 23.4 Å². The van der Waals surface area contributed by atoms with Crippen LogP contribution < -0.4 is 15.4 Å². The molecule has 138 valence electrons. The minimum Gasteiger partial charge on any atom is -0.482 e. The van der Waals surface area contributed by atoms with Crippen LogP contribution in [0.4, 0.5) is 5.69 Å². The number of H-pyrrole nitrogens is 1. The molecule has 4 rings (SSSR count). The average molecular weight is 402 g/mol. The van der Waals surface area contributed by atoms with Gasteiger partial charge in [-0.05, 0) is 36.8 Å². The standard InChI is InChI=1S/C19H16ClN3O3S/c1-10(11-2-3-15-14(6-11)23-18(24)9-26-15)22-19(25)13-8-21-7-12(13)16-4-5-17(20)27-16/h2-8,10,21H,9H2,1H3,(H,22,25)(H,23,24)/t10-/m0/s1. The number of nitrogens with one attached hydrogen (secondary N) is 3. The summed E-state index contributed by atoms with van der Waals surface area (Å²) in [4.78, 5) is 28.2. The van der Waals surface area contributed by atoms with Crippen LogP contribution in [0.25, 0.3) is 10.4 Å². The highest BCUT2D eigenvalue weighted by Gasteiger charge is 2.20. The van der Waals surface area contributed by atoms with E-state index in [0.717, 1.165) is 16.0 Å². The van der Waals surface area contributed by atoms with E-state index in [4.69, 9.17) is 16.3 Å². The van der Waals surface area contributed by atoms with Crippen molar-refractivity contribution in [3.8, 4) is 16.2 Å². The Kier molecular flexibility index (Phi) is 4.63. The number of ether oxygens (including phenoxy) is 1. The number of thiophene rings is 1. The van der Waals surface area contributed by atoms with Gasteiger partial charge < -0.3 is 20.4 Å². The zero-order valence-corrected chi connectivity index (χ0v) is 15.9. The molecule has 8 heteroatoms. The van der Waals surface area contributed by atoms with Crippen molar-refractivity contribution in [1.82, 2.24) is 10.3 Å². The molecule has 2 amide bonds. The Bertz CT molecular complexity index is 1030. The van der Waals surface area contributed by atoms with Gasteiger partial charge in [-0.1, -0.05) is 17.7 Å². The van der Waals surface area contributed by atoms with E-state index in [9.17, 15) is 9.59 Å². The lowest BCUT2D eigenvalue weighted by Crippen LogP contribution is -2.28. The number of hydrogen-bond donors (Lipinski definition) is 3. The first-order valence-electron chi connectivity index (χ1n) is 8.31. The van der Waals surface area contributed by atoms with Crippen molar-refractivity contribution in [1.29, 1.82) is 0 Å². The first-order valence-corrected chi connectivity index (χ1v) is 9.50. The van der Waals surface area contributed by atoms with Gasteiger partial charge in [0.1, 0.15) is 5.75 Å². The van der Waals surface area contributed by atoms with Gasteiger partial charge in [0.15, 0.2) is 6.61 Å². The Morgan fingerprint density at radius 1 is 1.30 bits per heavy atom. The molecule has 6 nitrogen and oxygen atoms in total. The number of benzene rings is 1. The van der Waals surface area contributed by atoms with Crippen LogP contribution >= 0.6 is 22.9 Å². The van der Waals surface area contributed by atoms with Crippen molar-refractivity contribution in [2.24, 2.45) is 0 Å². The SMILES string of the molecule is C[C@H](NC(=O)c1c[nH]cc1-c1ccc(Cl)s1)c1ccc2c(c1)NC(=O)CO2. The second-order valence-corrected chi connectivity index (χ2v) is 7.89. The number of hydrogen-bond acceptors (Lipinski definition) is 4. The third-order valence-electron chi connectivity index (χ3n) is 4.31. The van der Waals surface area contributed by atoms with Crippen molar-refractivity contribution in [3.05, 3.63) is 58.2 Å². The second-order valence-electron chi connectivity index (χ2n) is 6.17. The summed E-state index contributed by atoms with van der Waals surface area (Å²) < 4.78 is 6.03. The molecule has 3 heterocycles. The van der Waals surface area contributed by atoms with E-state index in [0.29, 0.717) is 21.3 Å². The fourth-order valence-corrected chi connectivity index (χ4v) is 4.02. The molecule has 0 spiro atoms. The Labute approximate surface area is 164 Å². The molecule has 2 aromatic heterocycles. The van der Waals surface area contributed by atoms with Gasteiger partial charge in [0.2, 0.25) is 0 Å². The monoisotopic (exact) mass is 401 g/mol. The minimum atomic E-state index is -0.253. The summed E-state index contributed by atoms with van der Waals surface area (Å²) in [7, 11) is 0. The number of aromatic nitrogens is 1. The van der Waals surface area contributed by atoms with E-state index < -0.39 is 0 Å². The van der Waals surface area contributed by atoms with E-state index in [1.807, 2.05) is 31.2 Å². The number of halogens is 1. The van der Waals surface area contributed by atoms with Gasteiger partial charge in [-0.25, -0.2) is 0 Å². The average Bonchev–Trinajstić information content (AvgIpc) is 3.29. The Morgan fingerprint density at radius 3 is 2.93 bits per heavy atom. The van der Waals surface area contributed by atoms with E-state index >= 15 is 0 Å². The van der Waals surface area contributed by atoms with Crippen LogP contribution in [0.1, 0.15) is 28.9 Å². The molecule has 1 aliphatic rings. The van der Waals surface area contributed by atoms with E-state index in [1.54, 1.807) is 18.5 Å². The second kappa shape index (κ2) is 7.09. The molecule has 0 bridgehead atoms. The molecule has 27 heavy (non-hydrogen) atoms. The number of anilines is 1. The van der Waals surface area contributed by atoms with Crippen molar-refractivity contribution in [2.75, 3.05) is 11.9 Å². The summed E-state index contributed by atoms with van der Waals surface area (Å²) in [6.07, 6.45) is 3.46. The number of aromatic amines is 1. The summed E-state index contributed by atoms with van der Waals surface area (Å²) in [6.45, 7) is 1.90. The fraction of sp³-hybridized carbons (Fsp3) is 0.158. The van der Waals surface area contributed by atoms with Crippen LogP contribution in [0.15, 0.2) is 42.7 Å². The Morgan fingerprint density at radius 2 is 2.15 bits per heavy atom. The largest absolute Gasteiger partial charge is 0.482 e. The van der Waals surface area contributed by atoms with Crippen LogP contribution in [0, 0.1) is 0 Å². The minimum absolute atomic E-state index is 0.0155. The predicted octanol–water partition coefficient (Wildman–Crippen LogP) is 4.22.